The summed E-state index contributed by atoms with van der Waals surface area (Å²) in [6, 6.07) is 27.7. The summed E-state index contributed by atoms with van der Waals surface area (Å²) in [6.45, 7) is 3.70. The van der Waals surface area contributed by atoms with E-state index in [0.29, 0.717) is 10.4 Å². The van der Waals surface area contributed by atoms with Gasteiger partial charge in [-0.1, -0.05) is 66.2 Å². The summed E-state index contributed by atoms with van der Waals surface area (Å²) >= 11 is 6.65. The fourth-order valence-corrected chi connectivity index (χ4v) is 8.19. The maximum absolute atomic E-state index is 14.3. The largest absolute Gasteiger partial charge is 0.371 e. The Hall–Kier alpha value is -4.16. The SMILES string of the molecule is CN(C(=O)C(c1ccccc1)c1ccccc1Cl)C1CCc2ccc(C(=O)N3CCC4(CC3)CCN(c3ccncc3)CC4)cc21. The first-order chi connectivity index (χ1) is 22.4. The van der Waals surface area contributed by atoms with Gasteiger partial charge in [0.25, 0.3) is 5.91 Å². The molecule has 1 spiro atoms. The zero-order valence-corrected chi connectivity index (χ0v) is 27.2. The minimum atomic E-state index is -0.508. The lowest BCUT2D eigenvalue weighted by molar-refractivity contribution is -0.132. The number of aryl methyl sites for hydroxylation is 1. The van der Waals surface area contributed by atoms with E-state index in [-0.39, 0.29) is 17.9 Å². The maximum atomic E-state index is 14.3. The van der Waals surface area contributed by atoms with E-state index in [0.717, 1.165) is 87.0 Å². The number of halogens is 1. The molecule has 4 aromatic rings. The van der Waals surface area contributed by atoms with E-state index < -0.39 is 5.92 Å². The first kappa shape index (κ1) is 30.5. The number of hydrogen-bond donors (Lipinski definition) is 0. The van der Waals surface area contributed by atoms with Gasteiger partial charge in [-0.25, -0.2) is 0 Å². The van der Waals surface area contributed by atoms with E-state index in [4.69, 9.17) is 11.6 Å². The molecule has 0 radical (unpaired) electrons. The molecular weight excluding hydrogens is 592 g/mol. The average molecular weight is 633 g/mol. The topological polar surface area (TPSA) is 56.8 Å². The number of likely N-dealkylation sites (N-methyl/N-ethyl adjacent to an activating group) is 1. The molecule has 2 unspecified atom stereocenters. The van der Waals surface area contributed by atoms with Crippen LogP contribution in [0.4, 0.5) is 5.69 Å². The van der Waals surface area contributed by atoms with Crippen molar-refractivity contribution in [1.29, 1.82) is 0 Å². The van der Waals surface area contributed by atoms with E-state index >= 15 is 0 Å². The first-order valence-corrected chi connectivity index (χ1v) is 16.9. The lowest BCUT2D eigenvalue weighted by Gasteiger charge is -2.47. The molecule has 3 aliphatic rings. The van der Waals surface area contributed by atoms with Crippen molar-refractivity contribution < 1.29 is 9.59 Å². The molecular formula is C39H41ClN4O2. The van der Waals surface area contributed by atoms with Crippen LogP contribution in [0.3, 0.4) is 0 Å². The van der Waals surface area contributed by atoms with Crippen molar-refractivity contribution in [3.8, 4) is 0 Å². The minimum absolute atomic E-state index is 0.00480. The molecule has 3 heterocycles. The number of nitrogens with zero attached hydrogens (tertiary/aromatic N) is 4. The number of pyridine rings is 1. The van der Waals surface area contributed by atoms with Crippen LogP contribution in [0.1, 0.15) is 76.7 Å². The zero-order valence-electron chi connectivity index (χ0n) is 26.4. The Morgan fingerprint density at radius 1 is 0.870 bits per heavy atom. The van der Waals surface area contributed by atoms with Crippen molar-refractivity contribution in [3.05, 3.63) is 130 Å². The van der Waals surface area contributed by atoms with Gasteiger partial charge in [0.15, 0.2) is 0 Å². The van der Waals surface area contributed by atoms with Crippen molar-refractivity contribution >= 4 is 29.1 Å². The fraction of sp³-hybridized carbons (Fsp3) is 0.359. The Morgan fingerprint density at radius 3 is 2.26 bits per heavy atom. The molecule has 1 aliphatic carbocycles. The van der Waals surface area contributed by atoms with E-state index in [1.807, 2.05) is 89.9 Å². The second-order valence-electron chi connectivity index (χ2n) is 13.3. The van der Waals surface area contributed by atoms with Crippen molar-refractivity contribution in [2.45, 2.75) is 50.5 Å². The Labute approximate surface area is 277 Å². The number of amides is 2. The molecule has 1 aromatic heterocycles. The summed E-state index contributed by atoms with van der Waals surface area (Å²) in [5.74, 6) is -0.402. The molecule has 0 N–H and O–H groups in total. The number of likely N-dealkylation sites (tertiary alicyclic amines) is 1. The standard InChI is InChI=1S/C39H41ClN4O2/c1-42(38(46)36(29-7-3-2-4-8-29)32-9-5-6-10-34(32)40)35-14-13-28-11-12-30(27-33(28)35)37(45)44-25-19-39(20-26-44)17-23-43(24-18-39)31-15-21-41-22-16-31/h2-12,15-16,21-22,27,35-36H,13-14,17-20,23-26H2,1H3. The predicted octanol–water partition coefficient (Wildman–Crippen LogP) is 7.54. The smallest absolute Gasteiger partial charge is 0.253 e. The molecule has 46 heavy (non-hydrogen) atoms. The van der Waals surface area contributed by atoms with Crippen LogP contribution in [0.15, 0.2) is 97.3 Å². The van der Waals surface area contributed by atoms with E-state index in [1.165, 1.54) is 11.3 Å². The quantitative estimate of drug-likeness (QED) is 0.220. The number of carbonyl (C=O) groups excluding carboxylic acids is 2. The summed E-state index contributed by atoms with van der Waals surface area (Å²) in [5, 5.41) is 0.584. The van der Waals surface area contributed by atoms with Crippen molar-refractivity contribution in [2.24, 2.45) is 5.41 Å². The average Bonchev–Trinajstić information content (AvgIpc) is 3.53. The minimum Gasteiger partial charge on any atom is -0.371 e. The van der Waals surface area contributed by atoms with Crippen LogP contribution in [0, 0.1) is 5.41 Å². The second kappa shape index (κ2) is 12.9. The van der Waals surface area contributed by atoms with Crippen LogP contribution in [0.5, 0.6) is 0 Å². The molecule has 3 aromatic carbocycles. The van der Waals surface area contributed by atoms with Gasteiger partial charge in [0.2, 0.25) is 5.91 Å². The summed E-state index contributed by atoms with van der Waals surface area (Å²) in [5.41, 5.74) is 6.32. The van der Waals surface area contributed by atoms with Crippen LogP contribution in [-0.4, -0.2) is 59.8 Å². The highest BCUT2D eigenvalue weighted by molar-refractivity contribution is 6.31. The Kier molecular flexibility index (Phi) is 8.56. The van der Waals surface area contributed by atoms with Crippen molar-refractivity contribution in [3.63, 3.8) is 0 Å². The van der Waals surface area contributed by atoms with Crippen LogP contribution in [0.2, 0.25) is 5.02 Å². The number of benzene rings is 3. The highest BCUT2D eigenvalue weighted by Gasteiger charge is 2.39. The molecule has 2 fully saturated rings. The highest BCUT2D eigenvalue weighted by Crippen LogP contribution is 2.43. The van der Waals surface area contributed by atoms with Gasteiger partial charge in [0, 0.05) is 61.9 Å². The van der Waals surface area contributed by atoms with Gasteiger partial charge in [-0.05, 0) is 96.5 Å². The number of piperidine rings is 2. The molecule has 2 aliphatic heterocycles. The summed E-state index contributed by atoms with van der Waals surface area (Å²) in [4.78, 5) is 38.7. The molecule has 7 rings (SSSR count). The van der Waals surface area contributed by atoms with Gasteiger partial charge >= 0.3 is 0 Å². The molecule has 0 saturated carbocycles. The van der Waals surface area contributed by atoms with E-state index in [1.54, 1.807) is 0 Å². The van der Waals surface area contributed by atoms with Gasteiger partial charge in [-0.2, -0.15) is 0 Å². The monoisotopic (exact) mass is 632 g/mol. The number of hydrogen-bond acceptors (Lipinski definition) is 4. The second-order valence-corrected chi connectivity index (χ2v) is 13.7. The van der Waals surface area contributed by atoms with Gasteiger partial charge in [0.05, 0.1) is 12.0 Å². The third-order valence-corrected chi connectivity index (χ3v) is 11.2. The van der Waals surface area contributed by atoms with Crippen LogP contribution in [0.25, 0.3) is 0 Å². The van der Waals surface area contributed by atoms with Crippen LogP contribution >= 0.6 is 11.6 Å². The first-order valence-electron chi connectivity index (χ1n) is 16.6. The number of aromatic nitrogens is 1. The zero-order chi connectivity index (χ0) is 31.7. The third-order valence-electron chi connectivity index (χ3n) is 10.8. The Morgan fingerprint density at radius 2 is 1.54 bits per heavy atom. The molecule has 236 valence electrons. The number of carbonyl (C=O) groups is 2. The summed E-state index contributed by atoms with van der Waals surface area (Å²) in [7, 11) is 1.90. The van der Waals surface area contributed by atoms with Gasteiger partial charge < -0.3 is 14.7 Å². The summed E-state index contributed by atoms with van der Waals surface area (Å²) in [6.07, 6.45) is 9.88. The lowest BCUT2D eigenvalue weighted by Crippen LogP contribution is -2.48. The van der Waals surface area contributed by atoms with Gasteiger partial charge in [-0.15, -0.1) is 0 Å². The van der Waals surface area contributed by atoms with Gasteiger partial charge in [-0.3, -0.25) is 14.6 Å². The maximum Gasteiger partial charge on any atom is 0.253 e. The highest BCUT2D eigenvalue weighted by atomic mass is 35.5. The molecule has 2 amide bonds. The normalized spacial score (nSPS) is 19.5. The van der Waals surface area contributed by atoms with E-state index in [2.05, 4.69) is 34.1 Å². The predicted molar refractivity (Wildman–Crippen MR) is 183 cm³/mol. The number of fused-ring (bicyclic) bond motifs is 1. The summed E-state index contributed by atoms with van der Waals surface area (Å²) < 4.78 is 0. The molecule has 2 saturated heterocycles. The molecule has 6 nitrogen and oxygen atoms in total. The molecule has 0 bridgehead atoms. The Balaban J connectivity index is 1.04. The van der Waals surface area contributed by atoms with Crippen molar-refractivity contribution in [2.75, 3.05) is 38.1 Å². The van der Waals surface area contributed by atoms with Crippen LogP contribution < -0.4 is 4.90 Å². The molecule has 2 atom stereocenters. The Bertz CT molecular complexity index is 1690. The number of anilines is 1. The molecule has 7 heteroatoms. The van der Waals surface area contributed by atoms with Crippen molar-refractivity contribution in [1.82, 2.24) is 14.8 Å². The van der Waals surface area contributed by atoms with E-state index in [9.17, 15) is 9.59 Å². The lowest BCUT2D eigenvalue weighted by atomic mass is 9.71. The third kappa shape index (κ3) is 5.91. The van der Waals surface area contributed by atoms with Crippen LogP contribution in [-0.2, 0) is 11.2 Å². The van der Waals surface area contributed by atoms with Gasteiger partial charge in [0.1, 0.15) is 0 Å². The fourth-order valence-electron chi connectivity index (χ4n) is 7.94. The number of rotatable bonds is 6.